The van der Waals surface area contributed by atoms with E-state index >= 15 is 0 Å². The van der Waals surface area contributed by atoms with Crippen LogP contribution in [0.25, 0.3) is 4.85 Å². The molecule has 2 aromatic carbocycles. The number of tetrazole rings is 1. The molecule has 3 amide bonds. The lowest BCUT2D eigenvalue weighted by molar-refractivity contribution is -0.132. The summed E-state index contributed by atoms with van der Waals surface area (Å²) in [6.07, 6.45) is 4.42. The molecule has 1 aromatic heterocycles. The van der Waals surface area contributed by atoms with Crippen LogP contribution in [0.2, 0.25) is 0 Å². The fourth-order valence-electron chi connectivity index (χ4n) is 7.58. The van der Waals surface area contributed by atoms with Crippen LogP contribution in [0.4, 0.5) is 0 Å². The van der Waals surface area contributed by atoms with Gasteiger partial charge in [-0.1, -0.05) is 19.1 Å². The van der Waals surface area contributed by atoms with E-state index in [4.69, 9.17) is 6.57 Å². The number of hydrogen-bond acceptors (Lipinski definition) is 6. The first kappa shape index (κ1) is 29.5. The van der Waals surface area contributed by atoms with Crippen molar-refractivity contribution < 1.29 is 14.4 Å². The van der Waals surface area contributed by atoms with Crippen molar-refractivity contribution in [3.8, 4) is 0 Å². The average molecular weight is 595 g/mol. The second-order valence-corrected chi connectivity index (χ2v) is 12.5. The molecule has 11 heteroatoms. The summed E-state index contributed by atoms with van der Waals surface area (Å²) in [6.45, 7) is 9.72. The highest BCUT2D eigenvalue weighted by Gasteiger charge is 2.57. The number of carbonyl (C=O) groups is 3. The quantitative estimate of drug-likeness (QED) is 0.386. The van der Waals surface area contributed by atoms with E-state index in [-0.39, 0.29) is 35.8 Å². The first-order chi connectivity index (χ1) is 21.2. The minimum absolute atomic E-state index is 0.0596. The smallest absolute Gasteiger partial charge is 0.301 e. The largest absolute Gasteiger partial charge is 0.355 e. The van der Waals surface area contributed by atoms with Gasteiger partial charge in [0.1, 0.15) is 0 Å². The molecule has 3 aliphatic rings. The van der Waals surface area contributed by atoms with Crippen molar-refractivity contribution in [2.24, 2.45) is 18.9 Å². The van der Waals surface area contributed by atoms with Gasteiger partial charge in [0, 0.05) is 51.2 Å². The predicted octanol–water partition coefficient (Wildman–Crippen LogP) is 3.03. The van der Waals surface area contributed by atoms with Crippen LogP contribution in [0.1, 0.15) is 87.8 Å². The number of fused-ring (bicyclic) bond motifs is 3. The summed E-state index contributed by atoms with van der Waals surface area (Å²) >= 11 is 0. The lowest BCUT2D eigenvalue weighted by Crippen LogP contribution is -2.38. The minimum atomic E-state index is -0.807. The molecule has 44 heavy (non-hydrogen) atoms. The number of nitrogens with one attached hydrogen (secondary N) is 2. The van der Waals surface area contributed by atoms with E-state index in [2.05, 4.69) is 37.9 Å². The third kappa shape index (κ3) is 4.92. The Hall–Kier alpha value is -4.59. The number of nitrogens with zero attached hydrogens (tertiary/aromatic N) is 6. The van der Waals surface area contributed by atoms with Gasteiger partial charge in [-0.05, 0) is 101 Å². The van der Waals surface area contributed by atoms with E-state index in [1.54, 1.807) is 18.8 Å². The van der Waals surface area contributed by atoms with E-state index in [1.807, 2.05) is 48.3 Å². The molecule has 2 N–H and O–H groups in total. The number of amides is 3. The van der Waals surface area contributed by atoms with Crippen LogP contribution < -0.4 is 10.6 Å². The van der Waals surface area contributed by atoms with Crippen LogP contribution in [0.15, 0.2) is 36.4 Å². The van der Waals surface area contributed by atoms with E-state index in [0.29, 0.717) is 55.0 Å². The van der Waals surface area contributed by atoms with E-state index in [0.717, 1.165) is 35.1 Å². The number of benzene rings is 2. The zero-order valence-corrected chi connectivity index (χ0v) is 25.6. The number of piperidine rings is 1. The monoisotopic (exact) mass is 594 g/mol. The Kier molecular flexibility index (Phi) is 7.70. The molecule has 2 heterocycles. The topological polar surface area (TPSA) is 126 Å². The number of rotatable bonds is 8. The maximum absolute atomic E-state index is 13.4. The molecule has 1 saturated heterocycles. The molecule has 6 rings (SSSR count). The van der Waals surface area contributed by atoms with Crippen molar-refractivity contribution in [2.45, 2.75) is 69.5 Å². The van der Waals surface area contributed by atoms with Crippen LogP contribution >= 0.6 is 0 Å². The first-order valence-electron chi connectivity index (χ1n) is 15.3. The Bertz CT molecular complexity index is 1610. The van der Waals surface area contributed by atoms with Gasteiger partial charge in [-0.25, -0.2) is 11.3 Å². The summed E-state index contributed by atoms with van der Waals surface area (Å²) in [5.74, 6) is 0.952. The van der Waals surface area contributed by atoms with Crippen LogP contribution in [-0.4, -0.2) is 69.1 Å². The molecule has 0 spiro atoms. The maximum atomic E-state index is 13.4. The molecular weight excluding hydrogens is 556 g/mol. The predicted molar refractivity (Wildman–Crippen MR) is 163 cm³/mol. The highest BCUT2D eigenvalue weighted by molar-refractivity contribution is 5.95. The number of hydrogen-bond donors (Lipinski definition) is 2. The van der Waals surface area contributed by atoms with Gasteiger partial charge in [0.05, 0.1) is 5.41 Å². The van der Waals surface area contributed by atoms with Crippen molar-refractivity contribution in [1.29, 1.82) is 0 Å². The fraction of sp³-hybridized carbons (Fsp3) is 0.485. The third-order valence-electron chi connectivity index (χ3n) is 9.79. The normalized spacial score (nSPS) is 21.6. The molecule has 2 aliphatic carbocycles. The summed E-state index contributed by atoms with van der Waals surface area (Å²) < 4.78 is 1.70. The molecule has 11 nitrogen and oxygen atoms in total. The van der Waals surface area contributed by atoms with Crippen molar-refractivity contribution in [2.75, 3.05) is 14.1 Å². The highest BCUT2D eigenvalue weighted by atomic mass is 16.2. The maximum Gasteiger partial charge on any atom is 0.301 e. The van der Waals surface area contributed by atoms with Crippen molar-refractivity contribution in [3.63, 3.8) is 0 Å². The summed E-state index contributed by atoms with van der Waals surface area (Å²) in [7, 11) is 5.07. The third-order valence-corrected chi connectivity index (χ3v) is 9.79. The van der Waals surface area contributed by atoms with Gasteiger partial charge in [-0.15, -0.1) is 5.10 Å². The second kappa shape index (κ2) is 11.5. The van der Waals surface area contributed by atoms with Gasteiger partial charge in [-0.3, -0.25) is 24.1 Å². The molecule has 0 bridgehead atoms. The van der Waals surface area contributed by atoms with Crippen molar-refractivity contribution in [3.05, 3.63) is 87.0 Å². The number of carbonyl (C=O) groups excluding carboxylic acids is 3. The van der Waals surface area contributed by atoms with Gasteiger partial charge in [0.25, 0.3) is 11.8 Å². The zero-order valence-electron chi connectivity index (χ0n) is 25.6. The summed E-state index contributed by atoms with van der Waals surface area (Å²) in [6, 6.07) is 11.9. The fourth-order valence-corrected chi connectivity index (χ4v) is 7.58. The van der Waals surface area contributed by atoms with Gasteiger partial charge < -0.3 is 10.6 Å². The van der Waals surface area contributed by atoms with Gasteiger partial charge in [0.2, 0.25) is 5.91 Å². The van der Waals surface area contributed by atoms with E-state index < -0.39 is 5.41 Å². The van der Waals surface area contributed by atoms with Gasteiger partial charge in [0.15, 0.2) is 5.82 Å². The molecule has 228 valence electrons. The molecule has 2 fully saturated rings. The van der Waals surface area contributed by atoms with Crippen LogP contribution in [0, 0.1) is 18.4 Å². The number of likely N-dealkylation sites (tertiary alicyclic amines) is 1. The second-order valence-electron chi connectivity index (χ2n) is 12.5. The molecule has 4 atom stereocenters. The summed E-state index contributed by atoms with van der Waals surface area (Å²) in [5.41, 5.74) is 4.41. The molecule has 0 radical (unpaired) electrons. The highest BCUT2D eigenvalue weighted by Crippen LogP contribution is 2.50. The minimum Gasteiger partial charge on any atom is -0.355 e. The number of aromatic nitrogens is 4. The Morgan fingerprint density at radius 1 is 1.02 bits per heavy atom. The summed E-state index contributed by atoms with van der Waals surface area (Å²) in [5, 5.41) is 18.3. The van der Waals surface area contributed by atoms with Crippen LogP contribution in [0.5, 0.6) is 0 Å². The number of aryl methyl sites for hydroxylation is 3. The van der Waals surface area contributed by atoms with Gasteiger partial charge >= 0.3 is 6.17 Å². The summed E-state index contributed by atoms with van der Waals surface area (Å²) in [4.78, 5) is 44.3. The lowest BCUT2D eigenvalue weighted by atomic mass is 9.66. The molecular formula is C33H38N8O3. The molecule has 1 saturated carbocycles. The first-order valence-corrected chi connectivity index (χ1v) is 15.3. The Balaban J connectivity index is 1.43. The van der Waals surface area contributed by atoms with Crippen LogP contribution in [-0.2, 0) is 30.1 Å². The Morgan fingerprint density at radius 2 is 1.64 bits per heavy atom. The lowest BCUT2D eigenvalue weighted by Gasteiger charge is -2.37. The average Bonchev–Trinajstić information content (AvgIpc) is 3.54. The zero-order chi connectivity index (χ0) is 31.2. The SMILES string of the molecule is [C-]#[N+][C@@H]1C[C@@H]2C[C@@H]2N1C(=O)CC[C@@H](C)CC1(c2nnnn2C)c2ccc(C(=O)NC)cc2CCc2cc(C(=O)NC)ccc21. The van der Waals surface area contributed by atoms with E-state index in [9.17, 15) is 14.4 Å². The molecule has 1 aliphatic heterocycles. The standard InChI is InChI=1S/C33H38N8O3/c1-19(6-13-29(42)41-27-16-24(27)17-28(41)34-2)18-33(32-37-38-39-40(32)5)25-11-9-22(30(43)35-3)14-20(25)7-8-21-15-23(31(44)36-4)10-12-26(21)33/h9-12,14-15,19,24,27-28H,6-8,13,16-18H2,1,3-5H3,(H,35,43)(H,36,44)/t19-,24+,27+,28+/m1/s1. The Morgan fingerprint density at radius 3 is 2.16 bits per heavy atom. The van der Waals surface area contributed by atoms with Crippen molar-refractivity contribution in [1.82, 2.24) is 35.7 Å². The van der Waals surface area contributed by atoms with Crippen molar-refractivity contribution >= 4 is 17.7 Å². The van der Waals surface area contributed by atoms with Gasteiger partial charge in [-0.2, -0.15) is 0 Å². The Labute approximate surface area is 257 Å². The molecule has 0 unspecified atom stereocenters. The molecule has 3 aromatic rings. The van der Waals surface area contributed by atoms with Crippen LogP contribution in [0.3, 0.4) is 0 Å². The van der Waals surface area contributed by atoms with E-state index in [1.165, 1.54) is 0 Å².